The van der Waals surface area contributed by atoms with Gasteiger partial charge in [-0.1, -0.05) is 18.2 Å². The average molecular weight is 429 g/mol. The van der Waals surface area contributed by atoms with E-state index in [2.05, 4.69) is 4.98 Å². The zero-order valence-corrected chi connectivity index (χ0v) is 17.7. The minimum Gasteiger partial charge on any atom is -0.497 e. The Balaban J connectivity index is 1.49. The molecule has 2 aliphatic heterocycles. The highest BCUT2D eigenvalue weighted by Crippen LogP contribution is 2.37. The predicted molar refractivity (Wildman–Crippen MR) is 119 cm³/mol. The number of amides is 2. The Labute approximate surface area is 186 Å². The first-order valence-corrected chi connectivity index (χ1v) is 10.5. The number of hydrogen-bond acceptors (Lipinski definition) is 5. The summed E-state index contributed by atoms with van der Waals surface area (Å²) < 4.78 is 11.5. The number of carbonyl (C=O) groups is 2. The van der Waals surface area contributed by atoms with Crippen LogP contribution in [0.15, 0.2) is 73.1 Å². The number of fused-ring (bicyclic) bond motifs is 3. The van der Waals surface area contributed by atoms with Crippen LogP contribution in [0.4, 0.5) is 5.69 Å². The minimum absolute atomic E-state index is 0.117. The monoisotopic (exact) mass is 429 g/mol. The topological polar surface area (TPSA) is 72.0 Å². The van der Waals surface area contributed by atoms with Crippen molar-refractivity contribution in [3.63, 3.8) is 0 Å². The van der Waals surface area contributed by atoms with Gasteiger partial charge in [-0.15, -0.1) is 0 Å². The number of rotatable bonds is 4. The SMILES string of the molecule is COc1ccc(C(=O)N2CC3CC2C(=O)N(Cc2cccnc2)c2ccccc2O3)cc1. The van der Waals surface area contributed by atoms with Gasteiger partial charge in [0.2, 0.25) is 5.91 Å². The van der Waals surface area contributed by atoms with Crippen molar-refractivity contribution in [2.45, 2.75) is 25.1 Å². The summed E-state index contributed by atoms with van der Waals surface area (Å²) in [6.07, 6.45) is 3.66. The van der Waals surface area contributed by atoms with Crippen molar-refractivity contribution in [3.8, 4) is 11.5 Å². The molecule has 2 aromatic carbocycles. The number of carbonyl (C=O) groups excluding carboxylic acids is 2. The Morgan fingerprint density at radius 3 is 2.69 bits per heavy atom. The molecule has 2 atom stereocenters. The van der Waals surface area contributed by atoms with Crippen molar-refractivity contribution in [3.05, 3.63) is 84.2 Å². The van der Waals surface area contributed by atoms with Crippen LogP contribution in [0.3, 0.4) is 0 Å². The van der Waals surface area contributed by atoms with Crippen LogP contribution in [0.25, 0.3) is 0 Å². The number of para-hydroxylation sites is 2. The van der Waals surface area contributed by atoms with Crippen LogP contribution in [-0.4, -0.2) is 47.5 Å². The summed E-state index contributed by atoms with van der Waals surface area (Å²) >= 11 is 0. The van der Waals surface area contributed by atoms with Gasteiger partial charge in [-0.3, -0.25) is 14.6 Å². The van der Waals surface area contributed by atoms with E-state index in [0.29, 0.717) is 42.3 Å². The number of aromatic nitrogens is 1. The highest BCUT2D eigenvalue weighted by molar-refractivity contribution is 6.03. The van der Waals surface area contributed by atoms with E-state index < -0.39 is 6.04 Å². The fraction of sp³-hybridized carbons (Fsp3) is 0.240. The molecular weight excluding hydrogens is 406 g/mol. The number of methoxy groups -OCH3 is 1. The normalized spacial score (nSPS) is 19.6. The van der Waals surface area contributed by atoms with E-state index in [0.717, 1.165) is 5.56 Å². The van der Waals surface area contributed by atoms with Crippen molar-refractivity contribution < 1.29 is 19.1 Å². The molecule has 2 bridgehead atoms. The van der Waals surface area contributed by atoms with Crippen molar-refractivity contribution >= 4 is 17.5 Å². The quantitative estimate of drug-likeness (QED) is 0.636. The lowest BCUT2D eigenvalue weighted by Crippen LogP contribution is -2.47. The van der Waals surface area contributed by atoms with E-state index in [-0.39, 0.29) is 17.9 Å². The summed E-state index contributed by atoms with van der Waals surface area (Å²) in [6, 6.07) is 17.6. The summed E-state index contributed by atoms with van der Waals surface area (Å²) in [5, 5.41) is 0. The first kappa shape index (κ1) is 20.1. The van der Waals surface area contributed by atoms with Crippen LogP contribution in [0.2, 0.25) is 0 Å². The molecular formula is C25H23N3O4. The van der Waals surface area contributed by atoms with Gasteiger partial charge in [-0.05, 0) is 48.0 Å². The Hall–Kier alpha value is -3.87. The second kappa shape index (κ2) is 8.34. The second-order valence-electron chi connectivity index (χ2n) is 7.93. The molecule has 1 aromatic heterocycles. The molecule has 0 N–H and O–H groups in total. The molecule has 2 amide bonds. The molecule has 3 aromatic rings. The molecule has 7 heteroatoms. The highest BCUT2D eigenvalue weighted by Gasteiger charge is 2.45. The summed E-state index contributed by atoms with van der Waals surface area (Å²) in [6.45, 7) is 0.703. The van der Waals surface area contributed by atoms with Crippen LogP contribution < -0.4 is 14.4 Å². The zero-order valence-electron chi connectivity index (χ0n) is 17.7. The first-order valence-electron chi connectivity index (χ1n) is 10.5. The molecule has 0 saturated carbocycles. The summed E-state index contributed by atoms with van der Waals surface area (Å²) in [5.41, 5.74) is 2.12. The van der Waals surface area contributed by atoms with E-state index >= 15 is 0 Å². The fourth-order valence-corrected chi connectivity index (χ4v) is 4.34. The fourth-order valence-electron chi connectivity index (χ4n) is 4.34. The van der Waals surface area contributed by atoms with Gasteiger partial charge in [0.05, 0.1) is 25.9 Å². The maximum Gasteiger partial charge on any atom is 0.254 e. The summed E-state index contributed by atoms with van der Waals surface area (Å²) in [5.74, 6) is 1.01. The van der Waals surface area contributed by atoms with Crippen molar-refractivity contribution in [2.75, 3.05) is 18.6 Å². The van der Waals surface area contributed by atoms with Crippen LogP contribution in [0.1, 0.15) is 22.3 Å². The van der Waals surface area contributed by atoms with E-state index in [1.54, 1.807) is 53.6 Å². The van der Waals surface area contributed by atoms with E-state index in [9.17, 15) is 9.59 Å². The summed E-state index contributed by atoms with van der Waals surface area (Å²) in [7, 11) is 1.58. The third-order valence-electron chi connectivity index (χ3n) is 5.92. The number of ether oxygens (including phenoxy) is 2. The van der Waals surface area contributed by atoms with Gasteiger partial charge < -0.3 is 19.3 Å². The lowest BCUT2D eigenvalue weighted by molar-refractivity contribution is -0.122. The molecule has 32 heavy (non-hydrogen) atoms. The maximum atomic E-state index is 13.8. The number of pyridine rings is 1. The zero-order chi connectivity index (χ0) is 22.1. The average Bonchev–Trinajstić information content (AvgIpc) is 3.27. The lowest BCUT2D eigenvalue weighted by Gasteiger charge is -2.31. The molecule has 2 aliphatic rings. The number of likely N-dealkylation sites (tertiary alicyclic amines) is 1. The molecule has 3 heterocycles. The van der Waals surface area contributed by atoms with Crippen LogP contribution in [0.5, 0.6) is 11.5 Å². The number of hydrogen-bond donors (Lipinski definition) is 0. The standard InChI is InChI=1S/C25H23N3O4/c1-31-19-10-8-18(9-11-19)24(29)28-16-20-13-22(28)25(30)27(15-17-5-4-12-26-14-17)21-6-2-3-7-23(21)32-20/h2-12,14,20,22H,13,15-16H2,1H3. The third kappa shape index (κ3) is 3.66. The van der Waals surface area contributed by atoms with Crippen molar-refractivity contribution in [1.82, 2.24) is 9.88 Å². The molecule has 2 unspecified atom stereocenters. The van der Waals surface area contributed by atoms with Crippen LogP contribution in [-0.2, 0) is 11.3 Å². The number of anilines is 1. The molecule has 5 rings (SSSR count). The van der Waals surface area contributed by atoms with Crippen LogP contribution in [0, 0.1) is 0 Å². The Morgan fingerprint density at radius 1 is 1.12 bits per heavy atom. The Bertz CT molecular complexity index is 1130. The highest BCUT2D eigenvalue weighted by atomic mass is 16.5. The Kier molecular flexibility index (Phi) is 5.23. The van der Waals surface area contributed by atoms with Gasteiger partial charge in [0.25, 0.3) is 5.91 Å². The molecule has 1 fully saturated rings. The largest absolute Gasteiger partial charge is 0.497 e. The predicted octanol–water partition coefficient (Wildman–Crippen LogP) is 3.30. The molecule has 0 radical (unpaired) electrons. The smallest absolute Gasteiger partial charge is 0.254 e. The first-order chi connectivity index (χ1) is 15.6. The minimum atomic E-state index is -0.598. The van der Waals surface area contributed by atoms with Gasteiger partial charge in [0, 0.05) is 24.4 Å². The maximum absolute atomic E-state index is 13.8. The Morgan fingerprint density at radius 2 is 1.94 bits per heavy atom. The van der Waals surface area contributed by atoms with Crippen LogP contribution >= 0.6 is 0 Å². The van der Waals surface area contributed by atoms with Gasteiger partial charge in [-0.25, -0.2) is 0 Å². The molecule has 7 nitrogen and oxygen atoms in total. The van der Waals surface area contributed by atoms with Gasteiger partial charge in [-0.2, -0.15) is 0 Å². The second-order valence-corrected chi connectivity index (χ2v) is 7.93. The van der Waals surface area contributed by atoms with E-state index in [1.807, 2.05) is 36.4 Å². The number of benzene rings is 2. The molecule has 0 spiro atoms. The van der Waals surface area contributed by atoms with Crippen molar-refractivity contribution in [2.24, 2.45) is 0 Å². The lowest BCUT2D eigenvalue weighted by atomic mass is 10.1. The summed E-state index contributed by atoms with van der Waals surface area (Å²) in [4.78, 5) is 34.7. The van der Waals surface area contributed by atoms with Gasteiger partial charge >= 0.3 is 0 Å². The molecule has 0 aliphatic carbocycles. The third-order valence-corrected chi connectivity index (χ3v) is 5.92. The van der Waals surface area contributed by atoms with E-state index in [1.165, 1.54) is 0 Å². The molecule has 1 saturated heterocycles. The van der Waals surface area contributed by atoms with Crippen molar-refractivity contribution in [1.29, 1.82) is 0 Å². The van der Waals surface area contributed by atoms with Gasteiger partial charge in [0.1, 0.15) is 23.6 Å². The van der Waals surface area contributed by atoms with E-state index in [4.69, 9.17) is 9.47 Å². The van der Waals surface area contributed by atoms with Gasteiger partial charge in [0.15, 0.2) is 0 Å². The molecule has 162 valence electrons. The number of nitrogens with zero attached hydrogens (tertiary/aromatic N) is 3.